The van der Waals surface area contributed by atoms with Crippen molar-refractivity contribution in [2.24, 2.45) is 0 Å². The number of aromatic amines is 1. The molecule has 0 unspecified atom stereocenters. The van der Waals surface area contributed by atoms with Crippen LogP contribution in [0.25, 0.3) is 0 Å². The lowest BCUT2D eigenvalue weighted by atomic mass is 10.2. The normalized spacial score (nSPS) is 14.3. The standard InChI is InChI=1S/C12H17N7OS/c1-2-3-8-6-10(15-14-8)13-11(20)7-21-12-16-17-18-19(12)9-4-5-9/h6,9H,2-5,7H2,1H3,(H2,13,14,15,20). The Morgan fingerprint density at radius 1 is 1.57 bits per heavy atom. The predicted molar refractivity (Wildman–Crippen MR) is 78.0 cm³/mol. The second-order valence-corrected chi connectivity index (χ2v) is 5.94. The number of hydrogen-bond acceptors (Lipinski definition) is 6. The van der Waals surface area contributed by atoms with Gasteiger partial charge < -0.3 is 5.32 Å². The van der Waals surface area contributed by atoms with Gasteiger partial charge in [-0.05, 0) is 29.7 Å². The summed E-state index contributed by atoms with van der Waals surface area (Å²) in [7, 11) is 0. The lowest BCUT2D eigenvalue weighted by Gasteiger charge is -2.02. The van der Waals surface area contributed by atoms with Crippen molar-refractivity contribution in [2.75, 3.05) is 11.1 Å². The number of amides is 1. The highest BCUT2D eigenvalue weighted by Crippen LogP contribution is 2.36. The van der Waals surface area contributed by atoms with Crippen molar-refractivity contribution in [1.82, 2.24) is 30.4 Å². The summed E-state index contributed by atoms with van der Waals surface area (Å²) in [4.78, 5) is 11.9. The van der Waals surface area contributed by atoms with Gasteiger partial charge in [0.2, 0.25) is 11.1 Å². The van der Waals surface area contributed by atoms with Gasteiger partial charge in [0, 0.05) is 11.8 Å². The minimum absolute atomic E-state index is 0.111. The fraction of sp³-hybridized carbons (Fsp3) is 0.583. The number of carbonyl (C=O) groups excluding carboxylic acids is 1. The first-order valence-electron chi connectivity index (χ1n) is 7.01. The highest BCUT2D eigenvalue weighted by Gasteiger charge is 2.28. The predicted octanol–water partition coefficient (Wildman–Crippen LogP) is 1.41. The molecule has 2 N–H and O–H groups in total. The zero-order valence-corrected chi connectivity index (χ0v) is 12.6. The molecule has 21 heavy (non-hydrogen) atoms. The van der Waals surface area contributed by atoms with Gasteiger partial charge in [0.15, 0.2) is 5.82 Å². The highest BCUT2D eigenvalue weighted by atomic mass is 32.2. The first-order valence-corrected chi connectivity index (χ1v) is 7.99. The van der Waals surface area contributed by atoms with Crippen LogP contribution in [0.1, 0.15) is 37.9 Å². The van der Waals surface area contributed by atoms with Crippen LogP contribution in [-0.4, -0.2) is 42.1 Å². The van der Waals surface area contributed by atoms with E-state index in [9.17, 15) is 4.79 Å². The number of carbonyl (C=O) groups is 1. The third-order valence-electron chi connectivity index (χ3n) is 3.11. The monoisotopic (exact) mass is 307 g/mol. The molecule has 1 aliphatic rings. The largest absolute Gasteiger partial charge is 0.308 e. The van der Waals surface area contributed by atoms with Gasteiger partial charge in [-0.1, -0.05) is 25.1 Å². The van der Waals surface area contributed by atoms with E-state index in [4.69, 9.17) is 0 Å². The van der Waals surface area contributed by atoms with E-state index in [1.54, 1.807) is 4.68 Å². The molecule has 3 rings (SSSR count). The zero-order valence-electron chi connectivity index (χ0n) is 11.7. The van der Waals surface area contributed by atoms with Crippen molar-refractivity contribution < 1.29 is 4.79 Å². The van der Waals surface area contributed by atoms with Crippen LogP contribution in [0.2, 0.25) is 0 Å². The third kappa shape index (κ3) is 3.60. The lowest BCUT2D eigenvalue weighted by molar-refractivity contribution is -0.113. The molecule has 1 amide bonds. The Hall–Kier alpha value is -1.90. The van der Waals surface area contributed by atoms with E-state index in [0.717, 1.165) is 31.4 Å². The number of hydrogen-bond donors (Lipinski definition) is 2. The molecular formula is C12H17N7OS. The number of nitrogens with zero attached hydrogens (tertiary/aromatic N) is 5. The summed E-state index contributed by atoms with van der Waals surface area (Å²) in [6, 6.07) is 2.27. The maximum Gasteiger partial charge on any atom is 0.236 e. The van der Waals surface area contributed by atoms with Crippen LogP contribution in [0.4, 0.5) is 5.82 Å². The molecule has 0 spiro atoms. The van der Waals surface area contributed by atoms with Crippen LogP contribution < -0.4 is 5.32 Å². The average molecular weight is 307 g/mol. The first kappa shape index (κ1) is 14.1. The van der Waals surface area contributed by atoms with Crippen molar-refractivity contribution in [2.45, 2.75) is 43.8 Å². The minimum Gasteiger partial charge on any atom is -0.308 e. The molecule has 112 valence electrons. The number of H-pyrrole nitrogens is 1. The molecule has 2 heterocycles. The van der Waals surface area contributed by atoms with Crippen molar-refractivity contribution in [1.29, 1.82) is 0 Å². The van der Waals surface area contributed by atoms with Crippen LogP contribution in [0.15, 0.2) is 11.2 Å². The lowest BCUT2D eigenvalue weighted by Crippen LogP contribution is -2.15. The van der Waals surface area contributed by atoms with Crippen molar-refractivity contribution >= 4 is 23.5 Å². The molecular weight excluding hydrogens is 290 g/mol. The summed E-state index contributed by atoms with van der Waals surface area (Å²) in [5, 5.41) is 22.0. The second kappa shape index (κ2) is 6.25. The summed E-state index contributed by atoms with van der Waals surface area (Å²) in [5.74, 6) is 0.717. The van der Waals surface area contributed by atoms with Gasteiger partial charge in [-0.25, -0.2) is 4.68 Å². The average Bonchev–Trinajstić information content (AvgIpc) is 3.04. The summed E-state index contributed by atoms with van der Waals surface area (Å²) >= 11 is 1.34. The molecule has 1 aliphatic carbocycles. The van der Waals surface area contributed by atoms with Gasteiger partial charge in [0.1, 0.15) is 0 Å². The molecule has 1 saturated carbocycles. The summed E-state index contributed by atoms with van der Waals surface area (Å²) < 4.78 is 1.80. The fourth-order valence-corrected chi connectivity index (χ4v) is 2.71. The van der Waals surface area contributed by atoms with Gasteiger partial charge in [-0.2, -0.15) is 5.10 Å². The molecule has 0 radical (unpaired) electrons. The van der Waals surface area contributed by atoms with Crippen LogP contribution >= 0.6 is 11.8 Å². The number of tetrazole rings is 1. The highest BCUT2D eigenvalue weighted by molar-refractivity contribution is 7.99. The Kier molecular flexibility index (Phi) is 4.18. The van der Waals surface area contributed by atoms with Crippen molar-refractivity contribution in [3.8, 4) is 0 Å². The molecule has 2 aromatic heterocycles. The van der Waals surface area contributed by atoms with E-state index in [2.05, 4.69) is 38.0 Å². The van der Waals surface area contributed by atoms with Gasteiger partial charge in [0.25, 0.3) is 0 Å². The van der Waals surface area contributed by atoms with E-state index in [1.165, 1.54) is 11.8 Å². The number of thioether (sulfide) groups is 1. The Labute approximate surface area is 126 Å². The second-order valence-electron chi connectivity index (χ2n) is 5.00. The minimum atomic E-state index is -0.111. The van der Waals surface area contributed by atoms with E-state index in [0.29, 0.717) is 17.0 Å². The topological polar surface area (TPSA) is 101 Å². The van der Waals surface area contributed by atoms with Crippen LogP contribution in [0, 0.1) is 0 Å². The first-order chi connectivity index (χ1) is 10.3. The number of nitrogens with one attached hydrogen (secondary N) is 2. The molecule has 1 fully saturated rings. The molecule has 0 saturated heterocycles. The molecule has 0 atom stereocenters. The van der Waals surface area contributed by atoms with E-state index < -0.39 is 0 Å². The molecule has 9 heteroatoms. The van der Waals surface area contributed by atoms with Gasteiger partial charge in [-0.15, -0.1) is 5.10 Å². The summed E-state index contributed by atoms with van der Waals surface area (Å²) in [6.45, 7) is 2.10. The van der Waals surface area contributed by atoms with E-state index in [1.807, 2.05) is 6.07 Å². The van der Waals surface area contributed by atoms with Crippen molar-refractivity contribution in [3.05, 3.63) is 11.8 Å². The van der Waals surface area contributed by atoms with Gasteiger partial charge in [0.05, 0.1) is 11.8 Å². The van der Waals surface area contributed by atoms with Crippen LogP contribution in [-0.2, 0) is 11.2 Å². The number of aryl methyl sites for hydroxylation is 1. The van der Waals surface area contributed by atoms with Crippen LogP contribution in [0.3, 0.4) is 0 Å². The molecule has 2 aromatic rings. The van der Waals surface area contributed by atoms with Gasteiger partial charge in [-0.3, -0.25) is 9.89 Å². The quantitative estimate of drug-likeness (QED) is 0.750. The summed E-state index contributed by atoms with van der Waals surface area (Å²) in [6.07, 6.45) is 4.18. The van der Waals surface area contributed by atoms with Gasteiger partial charge >= 0.3 is 0 Å². The Bertz CT molecular complexity index is 619. The Morgan fingerprint density at radius 3 is 3.19 bits per heavy atom. The maximum atomic E-state index is 11.9. The fourth-order valence-electron chi connectivity index (χ4n) is 1.96. The van der Waals surface area contributed by atoms with E-state index in [-0.39, 0.29) is 11.7 Å². The number of anilines is 1. The van der Waals surface area contributed by atoms with Crippen molar-refractivity contribution in [3.63, 3.8) is 0 Å². The molecule has 0 aromatic carbocycles. The van der Waals surface area contributed by atoms with E-state index >= 15 is 0 Å². The Morgan fingerprint density at radius 2 is 2.43 bits per heavy atom. The number of rotatable bonds is 7. The molecule has 0 aliphatic heterocycles. The Balaban J connectivity index is 1.50. The third-order valence-corrected chi connectivity index (χ3v) is 4.04. The molecule has 0 bridgehead atoms. The SMILES string of the molecule is CCCc1cc(NC(=O)CSc2nnnn2C2CC2)n[nH]1. The maximum absolute atomic E-state index is 11.9. The smallest absolute Gasteiger partial charge is 0.236 e. The van der Waals surface area contributed by atoms with Crippen LogP contribution in [0.5, 0.6) is 0 Å². The summed E-state index contributed by atoms with van der Waals surface area (Å²) in [5.41, 5.74) is 1.03. The number of aromatic nitrogens is 6. The zero-order chi connectivity index (χ0) is 14.7. The molecule has 8 nitrogen and oxygen atoms in total.